The van der Waals surface area contributed by atoms with Crippen LogP contribution in [0.5, 0.6) is 0 Å². The maximum absolute atomic E-state index is 13.6. The Morgan fingerprint density at radius 1 is 1.30 bits per heavy atom. The highest BCUT2D eigenvalue weighted by molar-refractivity contribution is 9.11. The van der Waals surface area contributed by atoms with E-state index in [1.807, 2.05) is 13.8 Å². The van der Waals surface area contributed by atoms with Crippen LogP contribution in [0.25, 0.3) is 0 Å². The number of allylic oxidation sites excluding steroid dienone is 1. The average molecular weight is 493 g/mol. The van der Waals surface area contributed by atoms with Gasteiger partial charge in [-0.1, -0.05) is 37.0 Å². The summed E-state index contributed by atoms with van der Waals surface area (Å²) in [5.74, 6) is -2.52. The minimum atomic E-state index is -0.766. The maximum atomic E-state index is 13.6. The van der Waals surface area contributed by atoms with E-state index in [-0.39, 0.29) is 36.9 Å². The van der Waals surface area contributed by atoms with E-state index >= 15 is 0 Å². The van der Waals surface area contributed by atoms with Crippen LogP contribution in [0, 0.1) is 28.9 Å². The predicted octanol–water partition coefficient (Wildman–Crippen LogP) is 6.12. The number of benzene rings is 1. The molecule has 0 amide bonds. The molecule has 0 radical (unpaired) electrons. The lowest BCUT2D eigenvalue weighted by atomic mass is 10.1. The van der Waals surface area contributed by atoms with Crippen LogP contribution in [0.2, 0.25) is 0 Å². The molecule has 0 aromatic heterocycles. The zero-order valence-corrected chi connectivity index (χ0v) is 16.8. The molecule has 1 aliphatic rings. The molecule has 126 valence electrons. The largest absolute Gasteiger partial charge is 0.460 e. The lowest BCUT2D eigenvalue weighted by molar-refractivity contribution is -0.147. The summed E-state index contributed by atoms with van der Waals surface area (Å²) in [6.07, 6.45) is 1.60. The quantitative estimate of drug-likeness (QED) is 0.373. The first-order chi connectivity index (χ1) is 10.6. The molecule has 0 spiro atoms. The summed E-state index contributed by atoms with van der Waals surface area (Å²) in [6, 6.07) is 0.743. The number of esters is 1. The monoisotopic (exact) mass is 490 g/mol. The minimum Gasteiger partial charge on any atom is -0.460 e. The molecule has 2 nitrogen and oxygen atoms in total. The molecule has 0 N–H and O–H groups in total. The van der Waals surface area contributed by atoms with Crippen LogP contribution >= 0.6 is 55.1 Å². The molecule has 1 fully saturated rings. The molecule has 23 heavy (non-hydrogen) atoms. The number of rotatable bonds is 4. The molecule has 8 heteroatoms. The Morgan fingerprint density at radius 2 is 1.83 bits per heavy atom. The molecule has 0 aliphatic heterocycles. The van der Waals surface area contributed by atoms with Gasteiger partial charge in [0.15, 0.2) is 0 Å². The van der Waals surface area contributed by atoms with E-state index in [9.17, 15) is 13.6 Å². The Morgan fingerprint density at radius 3 is 2.30 bits per heavy atom. The average Bonchev–Trinajstić information content (AvgIpc) is 2.96. The number of hydrogen-bond donors (Lipinski definition) is 0. The number of ether oxygens (including phenoxy) is 1. The highest BCUT2D eigenvalue weighted by Gasteiger charge is 2.61. The van der Waals surface area contributed by atoms with Gasteiger partial charge < -0.3 is 4.74 Å². The van der Waals surface area contributed by atoms with Gasteiger partial charge >= 0.3 is 5.97 Å². The summed E-state index contributed by atoms with van der Waals surface area (Å²) >= 11 is 17.3. The van der Waals surface area contributed by atoms with Gasteiger partial charge in [0.25, 0.3) is 0 Å². The summed E-state index contributed by atoms with van der Waals surface area (Å²) in [6.45, 7) is 3.53. The summed E-state index contributed by atoms with van der Waals surface area (Å²) in [5.41, 5.74) is -0.134. The molecular weight excluding hydrogens is 481 g/mol. The smallest absolute Gasteiger partial charge is 0.310 e. The fourth-order valence-electron chi connectivity index (χ4n) is 2.56. The van der Waals surface area contributed by atoms with E-state index in [1.54, 1.807) is 6.08 Å². The highest BCUT2D eigenvalue weighted by Crippen LogP contribution is 2.60. The Kier molecular flexibility index (Phi) is 5.82. The normalized spacial score (nSPS) is 21.7. The second-order valence-corrected chi connectivity index (χ2v) is 8.43. The van der Waals surface area contributed by atoms with Crippen LogP contribution in [0.1, 0.15) is 19.4 Å². The van der Waals surface area contributed by atoms with Crippen molar-refractivity contribution in [2.45, 2.75) is 20.5 Å². The third-order valence-corrected chi connectivity index (χ3v) is 6.00. The first kappa shape index (κ1) is 19.2. The van der Waals surface area contributed by atoms with Crippen LogP contribution in [0.4, 0.5) is 8.78 Å². The van der Waals surface area contributed by atoms with Crippen molar-refractivity contribution in [1.29, 1.82) is 0 Å². The minimum absolute atomic E-state index is 0.0499. The lowest BCUT2D eigenvalue weighted by Gasteiger charge is -2.11. The van der Waals surface area contributed by atoms with Crippen LogP contribution in [0.15, 0.2) is 25.6 Å². The molecule has 0 saturated heterocycles. The Hall–Kier alpha value is -0.170. The maximum Gasteiger partial charge on any atom is 0.310 e. The van der Waals surface area contributed by atoms with Crippen LogP contribution in [-0.2, 0) is 16.1 Å². The second-order valence-electron chi connectivity index (χ2n) is 5.84. The van der Waals surface area contributed by atoms with Gasteiger partial charge in [-0.05, 0) is 49.3 Å². The van der Waals surface area contributed by atoms with E-state index in [0.29, 0.717) is 0 Å². The van der Waals surface area contributed by atoms with E-state index in [0.717, 1.165) is 6.07 Å². The SMILES string of the molecule is CC1(C)[C@@H](C=C(Cl)Cl)[C@@H]1C(=O)OCc1c(Br)c(F)cc(F)c1Br. The zero-order chi connectivity index (χ0) is 17.5. The van der Waals surface area contributed by atoms with Gasteiger partial charge in [0.2, 0.25) is 0 Å². The van der Waals surface area contributed by atoms with Crippen molar-refractivity contribution >= 4 is 61.0 Å². The fraction of sp³-hybridized carbons (Fsp3) is 0.400. The molecule has 0 heterocycles. The molecule has 0 bridgehead atoms. The molecular formula is C15H12Br2Cl2F2O2. The second kappa shape index (κ2) is 6.98. The van der Waals surface area contributed by atoms with Crippen molar-refractivity contribution in [3.63, 3.8) is 0 Å². The van der Waals surface area contributed by atoms with Gasteiger partial charge in [-0.3, -0.25) is 4.79 Å². The predicted molar refractivity (Wildman–Crippen MR) is 92.1 cm³/mol. The van der Waals surface area contributed by atoms with Gasteiger partial charge in [0.05, 0.1) is 14.9 Å². The Bertz CT molecular complexity index is 662. The highest BCUT2D eigenvalue weighted by atomic mass is 79.9. The number of hydrogen-bond acceptors (Lipinski definition) is 2. The first-order valence-electron chi connectivity index (χ1n) is 6.58. The van der Waals surface area contributed by atoms with Gasteiger partial charge in [0, 0.05) is 11.6 Å². The van der Waals surface area contributed by atoms with Crippen LogP contribution in [-0.4, -0.2) is 5.97 Å². The van der Waals surface area contributed by atoms with E-state index < -0.39 is 23.5 Å². The fourth-order valence-corrected chi connectivity index (χ4v) is 3.95. The third-order valence-electron chi connectivity index (χ3n) is 4.03. The van der Waals surface area contributed by atoms with Crippen LogP contribution in [0.3, 0.4) is 0 Å². The summed E-state index contributed by atoms with van der Waals surface area (Å²) in [4.78, 5) is 12.2. The topological polar surface area (TPSA) is 26.3 Å². The van der Waals surface area contributed by atoms with Crippen molar-refractivity contribution in [1.82, 2.24) is 0 Å². The molecule has 1 aromatic carbocycles. The summed E-state index contributed by atoms with van der Waals surface area (Å²) in [7, 11) is 0. The lowest BCUT2D eigenvalue weighted by Crippen LogP contribution is -2.11. The molecule has 1 aromatic rings. The molecule has 1 aliphatic carbocycles. The first-order valence-corrected chi connectivity index (χ1v) is 8.93. The number of halogens is 6. The van der Waals surface area contributed by atoms with Gasteiger partial charge in [-0.25, -0.2) is 8.78 Å². The van der Waals surface area contributed by atoms with E-state index in [4.69, 9.17) is 27.9 Å². The van der Waals surface area contributed by atoms with Crippen molar-refractivity contribution < 1.29 is 18.3 Å². The van der Waals surface area contributed by atoms with Gasteiger partial charge in [0.1, 0.15) is 22.7 Å². The van der Waals surface area contributed by atoms with Crippen molar-refractivity contribution in [2.75, 3.05) is 0 Å². The van der Waals surface area contributed by atoms with Crippen molar-refractivity contribution in [3.05, 3.63) is 42.8 Å². The molecule has 0 unspecified atom stereocenters. The Balaban J connectivity index is 2.11. The van der Waals surface area contributed by atoms with Crippen molar-refractivity contribution in [3.8, 4) is 0 Å². The van der Waals surface area contributed by atoms with Gasteiger partial charge in [-0.2, -0.15) is 0 Å². The number of carbonyl (C=O) groups excluding carboxylic acids is 1. The number of carbonyl (C=O) groups is 1. The Labute approximate surface area is 159 Å². The molecule has 2 atom stereocenters. The standard InChI is InChI=1S/C15H12Br2Cl2F2O2/c1-15(2)7(3-10(18)19)11(15)14(22)23-5-6-12(16)8(20)4-9(21)13(6)17/h3-4,7,11H,5H2,1-2H3/t7-,11+/m0/s1. The van der Waals surface area contributed by atoms with Gasteiger partial charge in [-0.15, -0.1) is 0 Å². The third kappa shape index (κ3) is 3.91. The van der Waals surface area contributed by atoms with E-state index in [2.05, 4.69) is 31.9 Å². The molecule has 1 saturated carbocycles. The van der Waals surface area contributed by atoms with Crippen molar-refractivity contribution in [2.24, 2.45) is 17.3 Å². The zero-order valence-electron chi connectivity index (χ0n) is 12.1. The van der Waals surface area contributed by atoms with E-state index in [1.165, 1.54) is 0 Å². The molecule has 2 rings (SSSR count). The summed E-state index contributed by atoms with van der Waals surface area (Å²) < 4.78 is 32.5. The summed E-state index contributed by atoms with van der Waals surface area (Å²) in [5, 5.41) is 0. The van der Waals surface area contributed by atoms with Crippen LogP contribution < -0.4 is 0 Å².